The fourth-order valence-corrected chi connectivity index (χ4v) is 1.48. The molecule has 0 atom stereocenters. The van der Waals surface area contributed by atoms with Crippen LogP contribution in [-0.2, 0) is 80.0 Å². The van der Waals surface area contributed by atoms with E-state index in [9.17, 15) is 28.8 Å². The Morgan fingerprint density at radius 2 is 0.484 bits per heavy atom. The molecule has 10 N–H and O–H groups in total. The van der Waals surface area contributed by atoms with Gasteiger partial charge >= 0.3 is 35.8 Å². The Morgan fingerprint density at radius 3 is 0.548 bits per heavy atom. The van der Waals surface area contributed by atoms with E-state index in [1.165, 1.54) is 0 Å². The van der Waals surface area contributed by atoms with Gasteiger partial charge in [-0.2, -0.15) is 0 Å². The third-order valence-electron chi connectivity index (χ3n) is 2.15. The van der Waals surface area contributed by atoms with E-state index in [2.05, 4.69) is 0 Å². The van der Waals surface area contributed by atoms with Crippen LogP contribution in [0.3, 0.4) is 0 Å². The number of rotatable bonds is 12. The molecule has 0 amide bonds. The van der Waals surface area contributed by atoms with E-state index in [1.807, 2.05) is 0 Å². The van der Waals surface area contributed by atoms with Crippen LogP contribution in [0.15, 0.2) is 0 Å². The van der Waals surface area contributed by atoms with Crippen LogP contribution < -0.4 is 0 Å². The van der Waals surface area contributed by atoms with Crippen LogP contribution in [0.4, 0.5) is 0 Å². The molecule has 0 aliphatic heterocycles. The smallest absolute Gasteiger partial charge is 0.317 e. The molecule has 0 rings (SSSR count). The first kappa shape index (κ1) is 47.1. The van der Waals surface area contributed by atoms with Gasteiger partial charge in [-0.3, -0.25) is 38.6 Å². The molecule has 0 aliphatic carbocycles. The molecule has 31 heavy (non-hydrogen) atoms. The summed E-state index contributed by atoms with van der Waals surface area (Å²) < 4.78 is 0. The molecule has 16 nitrogen and oxygen atoms in total. The van der Waals surface area contributed by atoms with Gasteiger partial charge in [0.05, 0.1) is 39.3 Å². The van der Waals surface area contributed by atoms with Gasteiger partial charge in [-0.25, -0.2) is 0 Å². The van der Waals surface area contributed by atoms with E-state index >= 15 is 0 Å². The van der Waals surface area contributed by atoms with E-state index in [1.54, 1.807) is 0 Å². The molecular weight excluding hydrogens is 561 g/mol. The molecule has 0 unspecified atom stereocenters. The van der Waals surface area contributed by atoms with Crippen molar-refractivity contribution in [1.29, 1.82) is 0 Å². The number of aliphatic carboxylic acids is 6. The summed E-state index contributed by atoms with van der Waals surface area (Å²) in [7, 11) is 0. The van der Waals surface area contributed by atoms with E-state index in [-0.39, 0.29) is 62.2 Å². The predicted octanol–water partition coefficient (Wildman–Crippen LogP) is -4.57. The largest absolute Gasteiger partial charge is 0.480 e. The monoisotopic (exact) mass is 583 g/mol. The summed E-state index contributed by atoms with van der Waals surface area (Å²) in [5, 5.41) is 49.7. The fourth-order valence-electron chi connectivity index (χ4n) is 1.48. The Hall–Kier alpha value is -1.78. The van der Waals surface area contributed by atoms with Gasteiger partial charge in [0.2, 0.25) is 0 Å². The topological polar surface area (TPSA) is 293 Å². The van der Waals surface area contributed by atoms with Gasteiger partial charge in [0.25, 0.3) is 0 Å². The maximum Gasteiger partial charge on any atom is 0.317 e. The van der Waals surface area contributed by atoms with Crippen LogP contribution in [0.1, 0.15) is 0 Å². The third-order valence-corrected chi connectivity index (χ3v) is 2.15. The molecule has 0 aromatic rings. The first-order chi connectivity index (χ1) is 11.8. The van der Waals surface area contributed by atoms with Gasteiger partial charge in [-0.05, 0) is 0 Å². The zero-order chi connectivity index (χ0) is 20.9. The molecule has 0 saturated heterocycles. The Labute approximate surface area is 206 Å². The van der Waals surface area contributed by atoms with Crippen molar-refractivity contribution in [3.63, 3.8) is 0 Å². The maximum absolute atomic E-state index is 10.1. The first-order valence-electron chi connectivity index (χ1n) is 6.59. The van der Waals surface area contributed by atoms with Crippen molar-refractivity contribution in [2.75, 3.05) is 39.3 Å². The maximum atomic E-state index is 10.1. The van der Waals surface area contributed by atoms with Crippen LogP contribution in [0.5, 0.6) is 0 Å². The van der Waals surface area contributed by atoms with E-state index in [0.29, 0.717) is 0 Å². The van der Waals surface area contributed by atoms with Crippen molar-refractivity contribution in [3.05, 3.63) is 0 Å². The van der Waals surface area contributed by atoms with Gasteiger partial charge in [0.15, 0.2) is 0 Å². The Balaban J connectivity index is -0.0000000640. The zero-order valence-corrected chi connectivity index (χ0v) is 18.9. The number of hydrogen-bond acceptors (Lipinski definition) is 8. The minimum Gasteiger partial charge on any atom is -0.480 e. The van der Waals surface area contributed by atoms with Crippen LogP contribution in [0.25, 0.3) is 0 Å². The molecule has 0 heterocycles. The SMILES string of the molecule is O.O.O=C(O)CN(CC(=O)O)CC(=O)O.O=C(O)CN(CC(=O)O)CC(=O)O.[Mn].[Mn].[Mn]. The summed E-state index contributed by atoms with van der Waals surface area (Å²) >= 11 is 0. The van der Waals surface area contributed by atoms with Gasteiger partial charge in [0, 0.05) is 51.2 Å². The molecule has 0 aromatic heterocycles. The van der Waals surface area contributed by atoms with Crippen molar-refractivity contribution in [1.82, 2.24) is 9.80 Å². The van der Waals surface area contributed by atoms with Crippen LogP contribution in [0.2, 0.25) is 0 Å². The van der Waals surface area contributed by atoms with Gasteiger partial charge in [-0.15, -0.1) is 0 Å². The normalized spacial score (nSPS) is 8.32. The summed E-state index contributed by atoms with van der Waals surface area (Å²) in [5.41, 5.74) is 0. The second kappa shape index (κ2) is 26.3. The first-order valence-corrected chi connectivity index (χ1v) is 6.59. The average Bonchev–Trinajstić information content (AvgIpc) is 2.33. The number of carbonyl (C=O) groups is 6. The molecule has 0 bridgehead atoms. The Morgan fingerprint density at radius 1 is 0.387 bits per heavy atom. The minimum absolute atomic E-state index is 0. The summed E-state index contributed by atoms with van der Waals surface area (Å²) in [5.74, 6) is -7.57. The second-order valence-electron chi connectivity index (χ2n) is 4.65. The molecule has 185 valence electrons. The molecule has 0 aromatic carbocycles. The van der Waals surface area contributed by atoms with Crippen molar-refractivity contribution in [2.45, 2.75) is 0 Å². The molecule has 0 saturated carbocycles. The zero-order valence-electron chi connectivity index (χ0n) is 15.4. The molecule has 0 aliphatic rings. The van der Waals surface area contributed by atoms with Gasteiger partial charge in [0.1, 0.15) is 0 Å². The van der Waals surface area contributed by atoms with E-state index in [4.69, 9.17) is 30.6 Å². The Kier molecular flexibility index (Phi) is 39.9. The average molecular weight is 583 g/mol. The number of carboxylic acid groups (broad SMARTS) is 6. The molecule has 0 fully saturated rings. The van der Waals surface area contributed by atoms with Crippen LogP contribution in [0, 0.1) is 0 Å². The quantitative estimate of drug-likeness (QED) is 0.118. The van der Waals surface area contributed by atoms with Gasteiger partial charge < -0.3 is 41.6 Å². The van der Waals surface area contributed by atoms with Crippen LogP contribution >= 0.6 is 0 Å². The van der Waals surface area contributed by atoms with Crippen LogP contribution in [-0.4, -0.2) is 126 Å². The summed E-state index contributed by atoms with van der Waals surface area (Å²) in [6, 6.07) is 0. The van der Waals surface area contributed by atoms with Gasteiger partial charge in [-0.1, -0.05) is 0 Å². The van der Waals surface area contributed by atoms with E-state index in [0.717, 1.165) is 9.80 Å². The molecular formula is C12H22Mn3N2O14. The summed E-state index contributed by atoms with van der Waals surface area (Å²) in [6.07, 6.45) is 0. The van der Waals surface area contributed by atoms with Crippen molar-refractivity contribution in [2.24, 2.45) is 0 Å². The number of carboxylic acids is 6. The fraction of sp³-hybridized carbons (Fsp3) is 0.500. The Bertz CT molecular complexity index is 439. The third kappa shape index (κ3) is 39.3. The van der Waals surface area contributed by atoms with Crippen molar-refractivity contribution in [3.8, 4) is 0 Å². The number of hydrogen-bond donors (Lipinski definition) is 6. The van der Waals surface area contributed by atoms with Crippen molar-refractivity contribution >= 4 is 35.8 Å². The van der Waals surface area contributed by atoms with E-state index < -0.39 is 75.1 Å². The molecule has 0 spiro atoms. The summed E-state index contributed by atoms with van der Waals surface area (Å²) in [4.78, 5) is 62.5. The molecule has 3 radical (unpaired) electrons. The summed E-state index contributed by atoms with van der Waals surface area (Å²) in [6.45, 7) is -3.59. The molecule has 19 heteroatoms. The second-order valence-corrected chi connectivity index (χ2v) is 4.65. The minimum atomic E-state index is -1.26. The number of nitrogens with zero attached hydrogens (tertiary/aromatic N) is 2. The predicted molar refractivity (Wildman–Crippen MR) is 85.9 cm³/mol. The van der Waals surface area contributed by atoms with Crippen molar-refractivity contribution < 1.29 is 122 Å². The standard InChI is InChI=1S/2C6H9NO6.3Mn.2H2O/c2*8-4(9)1-7(2-5(10)11)3-6(12)13;;;;;/h2*1-3H2,(H,8,9)(H,10,11)(H,12,13);;;;2*1H2.